The molecule has 1 aromatic rings. The van der Waals surface area contributed by atoms with Crippen LogP contribution in [0.25, 0.3) is 10.4 Å². The van der Waals surface area contributed by atoms with Crippen LogP contribution >= 0.6 is 0 Å². The van der Waals surface area contributed by atoms with E-state index in [-0.39, 0.29) is 9.79 Å². The van der Waals surface area contributed by atoms with Gasteiger partial charge in [0.1, 0.15) is 0 Å². The topological polar surface area (TPSA) is 117 Å². The number of azide groups is 1. The maximum absolute atomic E-state index is 11.2. The molecule has 1 aromatic carbocycles. The Morgan fingerprint density at radius 3 is 2.53 bits per heavy atom. The van der Waals surface area contributed by atoms with Crippen LogP contribution < -0.4 is 0 Å². The molecule has 7 nitrogen and oxygen atoms in total. The summed E-state index contributed by atoms with van der Waals surface area (Å²) in [7, 11) is -6.99. The van der Waals surface area contributed by atoms with Gasteiger partial charge in [0.2, 0.25) is 0 Å². The molecule has 0 radical (unpaired) electrons. The molecule has 80 valence electrons. The van der Waals surface area contributed by atoms with Gasteiger partial charge in [-0.1, -0.05) is 6.07 Å². The Morgan fingerprint density at radius 1 is 1.33 bits per heavy atom. The van der Waals surface area contributed by atoms with E-state index in [0.717, 1.165) is 12.1 Å². The van der Waals surface area contributed by atoms with Crippen molar-refractivity contribution in [2.75, 3.05) is 0 Å². The molecule has 0 aliphatic heterocycles. The van der Waals surface area contributed by atoms with Crippen molar-refractivity contribution in [1.82, 2.24) is 0 Å². The number of benzene rings is 1. The molecule has 0 fully saturated rings. The van der Waals surface area contributed by atoms with Crippen LogP contribution in [0.15, 0.2) is 38.6 Å². The van der Waals surface area contributed by atoms with Crippen LogP contribution in [0.5, 0.6) is 0 Å². The maximum Gasteiger partial charge on any atom is 0.264 e. The summed E-state index contributed by atoms with van der Waals surface area (Å²) in [6.45, 7) is 0. The first-order valence-electron chi connectivity index (χ1n) is 3.53. The van der Waals surface area contributed by atoms with Crippen LogP contribution in [-0.2, 0) is 20.7 Å². The normalized spacial score (nSPS) is 11.0. The van der Waals surface area contributed by atoms with Crippen LogP contribution in [-0.4, -0.2) is 16.8 Å². The zero-order valence-corrected chi connectivity index (χ0v) is 8.85. The minimum absolute atomic E-state index is 0.154. The second kappa shape index (κ2) is 4.30. The zero-order valence-electron chi connectivity index (χ0n) is 7.14. The highest BCUT2D eigenvalue weighted by molar-refractivity contribution is 7.90. The van der Waals surface area contributed by atoms with Gasteiger partial charge >= 0.3 is 0 Å². The number of sulfonamides is 1. The number of thiol groups is 1. The van der Waals surface area contributed by atoms with Crippen molar-refractivity contribution in [1.29, 1.82) is 0 Å². The molecule has 0 aliphatic carbocycles. The van der Waals surface area contributed by atoms with Gasteiger partial charge in [0.05, 0.1) is 9.79 Å². The van der Waals surface area contributed by atoms with Gasteiger partial charge in [0.15, 0.2) is 10.7 Å². The van der Waals surface area contributed by atoms with E-state index in [2.05, 4.69) is 9.43 Å². The molecule has 0 amide bonds. The minimum atomic E-state index is -4.13. The lowest BCUT2D eigenvalue weighted by Gasteiger charge is -1.97. The molecular weight excluding hydrogens is 242 g/mol. The number of rotatable bonds is 3. The molecule has 9 heteroatoms. The molecule has 0 N–H and O–H groups in total. The summed E-state index contributed by atoms with van der Waals surface area (Å²) in [6.07, 6.45) is 0. The molecule has 0 saturated heterocycles. The molecule has 0 spiro atoms. The van der Waals surface area contributed by atoms with Crippen molar-refractivity contribution in [2.24, 2.45) is 4.52 Å². The Kier molecular flexibility index (Phi) is 3.30. The summed E-state index contributed by atoms with van der Waals surface area (Å²) < 4.78 is 46.1. The van der Waals surface area contributed by atoms with E-state index in [0.29, 0.717) is 0 Å². The highest BCUT2D eigenvalue weighted by Gasteiger charge is 2.12. The Balaban J connectivity index is 3.41. The Bertz CT molecular complexity index is 591. The van der Waals surface area contributed by atoms with Gasteiger partial charge in [-0.2, -0.15) is 0 Å². The van der Waals surface area contributed by atoms with Crippen LogP contribution in [0.2, 0.25) is 0 Å². The molecule has 0 bridgehead atoms. The first-order chi connectivity index (χ1) is 6.97. The molecule has 0 aliphatic rings. The maximum atomic E-state index is 11.2. The summed E-state index contributed by atoms with van der Waals surface area (Å²) >= 11 is 0. The predicted octanol–water partition coefficient (Wildman–Crippen LogP) is 0.656. The summed E-state index contributed by atoms with van der Waals surface area (Å²) in [5.74, 6) is 0. The largest absolute Gasteiger partial charge is 0.264 e. The molecule has 0 heterocycles. The van der Waals surface area contributed by atoms with Crippen molar-refractivity contribution >= 4 is 20.7 Å². The van der Waals surface area contributed by atoms with E-state index in [1.165, 1.54) is 12.1 Å². The SMILES string of the molecule is [N-]=[N+]=NS(=O)(=O)c1cccc([SH](=O)=O)c1. The van der Waals surface area contributed by atoms with Crippen molar-refractivity contribution < 1.29 is 16.8 Å². The van der Waals surface area contributed by atoms with Crippen molar-refractivity contribution in [2.45, 2.75) is 9.79 Å². The zero-order chi connectivity index (χ0) is 11.5. The third-order valence-electron chi connectivity index (χ3n) is 1.47. The second-order valence-corrected chi connectivity index (χ2v) is 5.02. The standard InChI is InChI=1S/C6H5N3O4S2/c7-8-9-15(12,13)6-3-1-2-5(4-6)14(10)11/h1-4,14H. The molecule has 0 saturated carbocycles. The lowest BCUT2D eigenvalue weighted by Crippen LogP contribution is -1.95. The number of hydrogen-bond donors (Lipinski definition) is 1. The quantitative estimate of drug-likeness (QED) is 0.365. The van der Waals surface area contributed by atoms with Gasteiger partial charge < -0.3 is 0 Å². The number of nitrogens with zero attached hydrogens (tertiary/aromatic N) is 3. The summed E-state index contributed by atoms with van der Waals surface area (Å²) in [4.78, 5) is 1.64. The van der Waals surface area contributed by atoms with Gasteiger partial charge in [0.25, 0.3) is 10.0 Å². The van der Waals surface area contributed by atoms with Gasteiger partial charge in [-0.3, -0.25) is 0 Å². The van der Waals surface area contributed by atoms with Crippen molar-refractivity contribution in [3.05, 3.63) is 34.7 Å². The van der Waals surface area contributed by atoms with Gasteiger partial charge in [-0.25, -0.2) is 16.8 Å². The summed E-state index contributed by atoms with van der Waals surface area (Å²) in [5, 5.41) is 0. The number of hydrogen-bond acceptors (Lipinski definition) is 4. The highest BCUT2D eigenvalue weighted by atomic mass is 32.2. The van der Waals surface area contributed by atoms with Gasteiger partial charge in [0, 0.05) is 9.43 Å². The summed E-state index contributed by atoms with van der Waals surface area (Å²) in [6, 6.07) is 4.56. The molecule has 0 atom stereocenters. The third kappa shape index (κ3) is 2.69. The fraction of sp³-hybridized carbons (Fsp3) is 0. The lowest BCUT2D eigenvalue weighted by molar-refractivity contribution is 0.597. The van der Waals surface area contributed by atoms with Gasteiger partial charge in [-0.15, -0.1) is 0 Å². The highest BCUT2D eigenvalue weighted by Crippen LogP contribution is 2.14. The predicted molar refractivity (Wildman–Crippen MR) is 51.4 cm³/mol. The second-order valence-electron chi connectivity index (χ2n) is 2.40. The fourth-order valence-corrected chi connectivity index (χ4v) is 2.11. The van der Waals surface area contributed by atoms with Crippen molar-refractivity contribution in [3.8, 4) is 0 Å². The molecular formula is C6H5N3O4S2. The average molecular weight is 247 g/mol. The third-order valence-corrected chi connectivity index (χ3v) is 3.31. The first-order valence-corrected chi connectivity index (χ1v) is 6.15. The Labute approximate surface area is 87.0 Å². The molecule has 15 heavy (non-hydrogen) atoms. The fourth-order valence-electron chi connectivity index (χ4n) is 0.853. The van der Waals surface area contributed by atoms with Crippen LogP contribution in [0.1, 0.15) is 0 Å². The Hall–Kier alpha value is -1.57. The van der Waals surface area contributed by atoms with Gasteiger partial charge in [-0.05, 0) is 23.7 Å². The van der Waals surface area contributed by atoms with E-state index in [1.807, 2.05) is 0 Å². The van der Waals surface area contributed by atoms with E-state index in [4.69, 9.17) is 5.53 Å². The van der Waals surface area contributed by atoms with Crippen LogP contribution in [0.4, 0.5) is 0 Å². The van der Waals surface area contributed by atoms with Crippen LogP contribution in [0, 0.1) is 0 Å². The first kappa shape index (κ1) is 11.5. The summed E-state index contributed by atoms with van der Waals surface area (Å²) in [5.41, 5.74) is 8.00. The minimum Gasteiger partial charge on any atom is -0.227 e. The molecule has 1 rings (SSSR count). The van der Waals surface area contributed by atoms with E-state index in [1.54, 1.807) is 0 Å². The molecule has 0 aromatic heterocycles. The smallest absolute Gasteiger partial charge is 0.227 e. The van der Waals surface area contributed by atoms with Crippen molar-refractivity contribution in [3.63, 3.8) is 0 Å². The lowest BCUT2D eigenvalue weighted by atomic mass is 10.4. The van der Waals surface area contributed by atoms with E-state index < -0.39 is 20.7 Å². The molecule has 0 unspecified atom stereocenters. The van der Waals surface area contributed by atoms with E-state index in [9.17, 15) is 16.8 Å². The van der Waals surface area contributed by atoms with E-state index >= 15 is 0 Å². The average Bonchev–Trinajstić information content (AvgIpc) is 2.18. The Morgan fingerprint density at radius 2 is 2.00 bits per heavy atom. The van der Waals surface area contributed by atoms with Crippen LogP contribution in [0.3, 0.4) is 0 Å². The monoisotopic (exact) mass is 247 g/mol.